The predicted molar refractivity (Wildman–Crippen MR) is 417 cm³/mol. The van der Waals surface area contributed by atoms with Crippen molar-refractivity contribution in [3.8, 4) is 0 Å². The smallest absolute Gasteiger partial charge is 0.307 e. The third-order valence-corrected chi connectivity index (χ3v) is 24.2. The van der Waals surface area contributed by atoms with Gasteiger partial charge in [-0.2, -0.15) is 0 Å². The molecular weight excluding hydrogens is 1290 g/mol. The van der Waals surface area contributed by atoms with Crippen molar-refractivity contribution in [2.75, 3.05) is 52.5 Å². The van der Waals surface area contributed by atoms with Gasteiger partial charge in [0.2, 0.25) is 13.1 Å². The Hall–Kier alpha value is -2.28. The van der Waals surface area contributed by atoms with Crippen LogP contribution in [0.1, 0.15) is 356 Å². The molecule has 0 bridgehead atoms. The van der Waals surface area contributed by atoms with E-state index in [1.54, 1.807) is 0 Å². The van der Waals surface area contributed by atoms with Crippen LogP contribution in [0.5, 0.6) is 0 Å². The summed E-state index contributed by atoms with van der Waals surface area (Å²) in [7, 11) is -2.30. The Bertz CT molecular complexity index is 1990. The molecule has 0 amide bonds. The normalized spacial score (nSPS) is 21.8. The maximum atomic E-state index is 11.9. The lowest BCUT2D eigenvalue weighted by Gasteiger charge is -2.38. The van der Waals surface area contributed by atoms with Crippen LogP contribution >= 0.6 is 17.1 Å². The quantitative estimate of drug-likeness (QED) is 0.0245. The number of nitrogens with zero attached hydrogens (tertiary/aromatic N) is 8. The fourth-order valence-corrected chi connectivity index (χ4v) is 18.0. The molecule has 10 atom stereocenters. The van der Waals surface area contributed by atoms with Gasteiger partial charge in [-0.3, -0.25) is 29.2 Å². The number of unbranched alkanes of at least 4 members (excludes halogenated alkanes) is 16. The van der Waals surface area contributed by atoms with E-state index in [1.807, 2.05) is 0 Å². The minimum atomic E-state index is -1.15. The van der Waals surface area contributed by atoms with E-state index < -0.39 is 17.1 Å². The van der Waals surface area contributed by atoms with Gasteiger partial charge < -0.3 is 46.8 Å². The third kappa shape index (κ3) is 40.4. The summed E-state index contributed by atoms with van der Waals surface area (Å²) in [6, 6.07) is 3.74. The van der Waals surface area contributed by atoms with Gasteiger partial charge in [-0.25, -0.2) is 22.5 Å². The molecule has 0 aromatic heterocycles. The van der Waals surface area contributed by atoms with E-state index in [9.17, 15) is 19.2 Å². The van der Waals surface area contributed by atoms with Gasteiger partial charge in [0.05, 0.1) is 12.8 Å². The number of carbonyl (C=O) groups is 4. The van der Waals surface area contributed by atoms with Gasteiger partial charge in [-0.1, -0.05) is 158 Å². The van der Waals surface area contributed by atoms with Crippen LogP contribution in [0, 0.1) is 13.1 Å². The first kappa shape index (κ1) is 95.7. The Kier molecular flexibility index (Phi) is 57.3. The van der Waals surface area contributed by atoms with E-state index in [1.165, 1.54) is 168 Å². The number of likely N-dealkylation sites (tertiary alicyclic amines) is 4. The first-order valence-electron chi connectivity index (χ1n) is 40.9. The number of rotatable bonds is 52. The first-order valence-corrected chi connectivity index (χ1v) is 43.2. The molecule has 20 heteroatoms. The second-order valence-electron chi connectivity index (χ2n) is 29.6. The van der Waals surface area contributed by atoms with Crippen LogP contribution in [-0.4, -0.2) is 178 Å². The van der Waals surface area contributed by atoms with Gasteiger partial charge in [0.1, 0.15) is 37.2 Å². The minimum absolute atomic E-state index is 0.0441. The molecule has 3 unspecified atom stereocenters. The summed E-state index contributed by atoms with van der Waals surface area (Å²) in [5.74, 6) is -0.369. The van der Waals surface area contributed by atoms with Crippen molar-refractivity contribution in [2.45, 2.75) is 429 Å². The van der Waals surface area contributed by atoms with Crippen LogP contribution in [0.4, 0.5) is 0 Å². The summed E-state index contributed by atoms with van der Waals surface area (Å²) in [4.78, 5) is 62.5. The van der Waals surface area contributed by atoms with Gasteiger partial charge in [-0.05, 0) is 172 Å². The molecule has 0 aliphatic carbocycles. The van der Waals surface area contributed by atoms with Crippen LogP contribution in [0.3, 0.4) is 0 Å². The molecule has 0 spiro atoms. The van der Waals surface area contributed by atoms with Crippen molar-refractivity contribution in [3.05, 3.63) is 22.8 Å². The molecule has 584 valence electrons. The SMILES string of the molecule is CCCCCCCN1C(OC(=O)CCC(C)=O)CC[C@H]1CC.CCCCCCCN1[C@H](CC)CC[C@@H]1OC(=O)CCC(C)=O.[C-]#[N+]CCOP(O[C@@H]1CC[C@@H](CC)N1CCCCCCC)N(C(C)C)C(C)C.[C-]#[N+]CCOP(O[C@H]1CC[C@@H](CC)N1CCCCCCC)N(C(C)C)C(C)C. The van der Waals surface area contributed by atoms with E-state index in [0.29, 0.717) is 87.5 Å². The Morgan fingerprint density at radius 2 is 0.630 bits per heavy atom. The van der Waals surface area contributed by atoms with E-state index in [2.05, 4.69) is 149 Å². The first-order chi connectivity index (χ1) is 48.1. The lowest BCUT2D eigenvalue weighted by molar-refractivity contribution is -0.159. The molecule has 4 fully saturated rings. The Balaban J connectivity index is 0.000000671. The number of Topliss-reactive ketones (excluding diaryl/α,β-unsaturated/α-hetero) is 2. The average molecular weight is 1450 g/mol. The molecular formula is C80H154N8O10P2. The zero-order valence-electron chi connectivity index (χ0n) is 67.6. The van der Waals surface area contributed by atoms with Crippen molar-refractivity contribution in [1.29, 1.82) is 0 Å². The molecule has 4 heterocycles. The number of ether oxygens (including phenoxy) is 2. The fourth-order valence-electron chi connectivity index (χ4n) is 14.5. The van der Waals surface area contributed by atoms with Crippen LogP contribution in [-0.2, 0) is 46.7 Å². The minimum Gasteiger partial charge on any atom is -0.446 e. The summed E-state index contributed by atoms with van der Waals surface area (Å²) in [5.41, 5.74) is 0. The molecule has 18 nitrogen and oxygen atoms in total. The highest BCUT2D eigenvalue weighted by Gasteiger charge is 2.41. The molecule has 0 saturated carbocycles. The number of carbonyl (C=O) groups excluding carboxylic acids is 4. The number of esters is 2. The molecule has 0 radical (unpaired) electrons. The van der Waals surface area contributed by atoms with E-state index in [-0.39, 0.29) is 61.3 Å². The van der Waals surface area contributed by atoms with Crippen molar-refractivity contribution in [2.24, 2.45) is 0 Å². The van der Waals surface area contributed by atoms with Crippen molar-refractivity contribution < 1.29 is 46.7 Å². The van der Waals surface area contributed by atoms with E-state index >= 15 is 0 Å². The molecule has 0 aromatic rings. The van der Waals surface area contributed by atoms with Crippen molar-refractivity contribution >= 4 is 40.6 Å². The second kappa shape index (κ2) is 59.8. The highest BCUT2D eigenvalue weighted by Crippen LogP contribution is 2.51. The maximum absolute atomic E-state index is 11.9. The topological polar surface area (TPSA) is 152 Å². The van der Waals surface area contributed by atoms with E-state index in [4.69, 9.17) is 40.7 Å². The van der Waals surface area contributed by atoms with Crippen LogP contribution in [0.15, 0.2) is 0 Å². The fraction of sp³-hybridized carbons (Fsp3) is 0.925. The summed E-state index contributed by atoms with van der Waals surface area (Å²) >= 11 is 0. The zero-order chi connectivity index (χ0) is 74.6. The second-order valence-corrected chi connectivity index (χ2v) is 32.4. The lowest BCUT2D eigenvalue weighted by Crippen LogP contribution is -2.40. The van der Waals surface area contributed by atoms with Gasteiger partial charge in [0.25, 0.3) is 17.1 Å². The summed E-state index contributed by atoms with van der Waals surface area (Å²) in [6.45, 7) is 58.7. The molecule has 0 N–H and O–H groups in total. The van der Waals surface area contributed by atoms with Crippen LogP contribution < -0.4 is 0 Å². The Morgan fingerprint density at radius 3 is 0.860 bits per heavy atom. The summed E-state index contributed by atoms with van der Waals surface area (Å²) in [6.07, 6.45) is 40.1. The summed E-state index contributed by atoms with van der Waals surface area (Å²) in [5, 5.41) is 0. The standard InChI is InChI=1S/2C22H44N3O2P.2C18H33NO3/c2*1-8-10-11-12-13-17-24-21(9-2)14-15-22(24)27-28(26-18-16-23-7)25(19(3)4)20(5)6;2*1-4-6-7-8-9-14-19-16(5-2)11-12-17(19)22-18(21)13-10-15(3)20/h2*19-22H,8-18H2,1-6H3;2*16-17H,4-14H2,1-3H3/t21-,22+,28?;21-,22-,28?;16-,17?;16-,17+/m1111/s1. The monoisotopic (exact) mass is 1450 g/mol. The predicted octanol–water partition coefficient (Wildman–Crippen LogP) is 21.1. The highest BCUT2D eigenvalue weighted by atomic mass is 31.2. The average Bonchev–Trinajstić information content (AvgIpc) is 1.65. The third-order valence-electron chi connectivity index (χ3n) is 19.9. The van der Waals surface area contributed by atoms with Gasteiger partial charge in [-0.15, -0.1) is 0 Å². The molecule has 4 rings (SSSR count). The Labute approximate surface area is 617 Å². The van der Waals surface area contributed by atoms with Gasteiger partial charge >= 0.3 is 11.9 Å². The zero-order valence-corrected chi connectivity index (χ0v) is 69.4. The molecule has 0 aromatic carbocycles. The number of ketones is 2. The maximum Gasteiger partial charge on any atom is 0.307 e. The molecule has 4 aliphatic heterocycles. The van der Waals surface area contributed by atoms with Crippen molar-refractivity contribution in [1.82, 2.24) is 28.9 Å². The highest BCUT2D eigenvalue weighted by molar-refractivity contribution is 7.44. The molecule has 4 saturated heterocycles. The van der Waals surface area contributed by atoms with E-state index in [0.717, 1.165) is 77.5 Å². The number of hydrogen-bond acceptors (Lipinski definition) is 16. The molecule has 100 heavy (non-hydrogen) atoms. The summed E-state index contributed by atoms with van der Waals surface area (Å²) < 4.78 is 41.5. The molecule has 4 aliphatic rings. The van der Waals surface area contributed by atoms with Crippen molar-refractivity contribution in [3.63, 3.8) is 0 Å². The largest absolute Gasteiger partial charge is 0.446 e. The van der Waals surface area contributed by atoms with Gasteiger partial charge in [0.15, 0.2) is 12.5 Å². The van der Waals surface area contributed by atoms with Crippen LogP contribution in [0.25, 0.3) is 9.69 Å². The van der Waals surface area contributed by atoms with Crippen LogP contribution in [0.2, 0.25) is 0 Å². The number of hydrogen-bond donors (Lipinski definition) is 0. The van der Waals surface area contributed by atoms with Gasteiger partial charge in [0, 0.05) is 87.4 Å². The Morgan fingerprint density at radius 1 is 0.380 bits per heavy atom. The lowest BCUT2D eigenvalue weighted by atomic mass is 10.1.